The van der Waals surface area contributed by atoms with Crippen molar-refractivity contribution in [3.05, 3.63) is 237 Å². The molecule has 290 valence electrons. The molecule has 0 atom stereocenters. The molecule has 1 heterocycles. The Labute approximate surface area is 360 Å². The minimum absolute atomic E-state index is 0.845. The van der Waals surface area contributed by atoms with Gasteiger partial charge in [0, 0.05) is 27.5 Å². The fourth-order valence-electron chi connectivity index (χ4n) is 9.44. The van der Waals surface area contributed by atoms with Crippen molar-refractivity contribution >= 4 is 71.3 Å². The molecule has 0 radical (unpaired) electrons. The van der Waals surface area contributed by atoms with Crippen LogP contribution in [0.1, 0.15) is 0 Å². The molecule has 11 aromatic carbocycles. The predicted molar refractivity (Wildman–Crippen MR) is 263 cm³/mol. The van der Waals surface area contributed by atoms with Gasteiger partial charge in [0.15, 0.2) is 5.58 Å². The minimum Gasteiger partial charge on any atom is -0.453 e. The van der Waals surface area contributed by atoms with Crippen LogP contribution in [0.2, 0.25) is 0 Å². The number of hydrogen-bond acceptors (Lipinski definition) is 2. The number of fused-ring (bicyclic) bond motifs is 8. The van der Waals surface area contributed by atoms with Crippen LogP contribution in [0.25, 0.3) is 98.8 Å². The summed E-state index contributed by atoms with van der Waals surface area (Å²) < 4.78 is 7.28. The molecule has 0 aliphatic rings. The van der Waals surface area contributed by atoms with Gasteiger partial charge in [-0.15, -0.1) is 0 Å². The first-order valence-electron chi connectivity index (χ1n) is 21.2. The number of benzene rings is 11. The van der Waals surface area contributed by atoms with E-state index in [0.717, 1.165) is 60.9 Å². The first-order chi connectivity index (χ1) is 30.7. The van der Waals surface area contributed by atoms with Gasteiger partial charge >= 0.3 is 0 Å². The summed E-state index contributed by atoms with van der Waals surface area (Å²) in [6, 6.07) is 85.3. The Bertz CT molecular complexity index is 3610. The van der Waals surface area contributed by atoms with Crippen molar-refractivity contribution in [1.29, 1.82) is 0 Å². The zero-order valence-electron chi connectivity index (χ0n) is 33.9. The molecule has 12 aromatic rings. The molecule has 0 saturated heterocycles. The lowest BCUT2D eigenvalue weighted by Gasteiger charge is -2.26. The van der Waals surface area contributed by atoms with Crippen molar-refractivity contribution in [2.75, 3.05) is 4.90 Å². The number of nitrogens with zero attached hydrogens (tertiary/aromatic N) is 1. The van der Waals surface area contributed by atoms with Crippen LogP contribution in [0.15, 0.2) is 241 Å². The number of furan rings is 1. The molecule has 0 bridgehead atoms. The lowest BCUT2D eigenvalue weighted by Crippen LogP contribution is -2.10. The molecular formula is C60H39NO. The van der Waals surface area contributed by atoms with E-state index in [0.29, 0.717) is 0 Å². The van der Waals surface area contributed by atoms with E-state index in [2.05, 4.69) is 241 Å². The van der Waals surface area contributed by atoms with Crippen LogP contribution < -0.4 is 4.90 Å². The first kappa shape index (κ1) is 35.7. The lowest BCUT2D eigenvalue weighted by molar-refractivity contribution is 0.673. The minimum atomic E-state index is 0.845. The van der Waals surface area contributed by atoms with Crippen LogP contribution in [0.3, 0.4) is 0 Å². The molecule has 0 fully saturated rings. The van der Waals surface area contributed by atoms with E-state index in [9.17, 15) is 0 Å². The van der Waals surface area contributed by atoms with E-state index in [1.54, 1.807) is 0 Å². The molecule has 0 aliphatic carbocycles. The molecule has 0 aliphatic heterocycles. The summed E-state index contributed by atoms with van der Waals surface area (Å²) in [7, 11) is 0. The zero-order valence-corrected chi connectivity index (χ0v) is 33.9. The summed E-state index contributed by atoms with van der Waals surface area (Å²) in [5, 5.41) is 9.38. The molecule has 12 rings (SSSR count). The summed E-state index contributed by atoms with van der Waals surface area (Å²) in [5.41, 5.74) is 14.2. The highest BCUT2D eigenvalue weighted by atomic mass is 16.3. The molecule has 0 N–H and O–H groups in total. The Balaban J connectivity index is 1.09. The average Bonchev–Trinajstić information content (AvgIpc) is 3.76. The van der Waals surface area contributed by atoms with E-state index in [-0.39, 0.29) is 0 Å². The van der Waals surface area contributed by atoms with E-state index >= 15 is 0 Å². The Kier molecular flexibility index (Phi) is 8.53. The van der Waals surface area contributed by atoms with Gasteiger partial charge in [-0.1, -0.05) is 188 Å². The third-order valence-corrected chi connectivity index (χ3v) is 12.5. The zero-order chi connectivity index (χ0) is 41.0. The van der Waals surface area contributed by atoms with E-state index in [1.807, 2.05) is 0 Å². The van der Waals surface area contributed by atoms with Crippen LogP contribution >= 0.6 is 0 Å². The predicted octanol–water partition coefficient (Wildman–Crippen LogP) is 17.2. The molecular weight excluding hydrogens is 751 g/mol. The Morgan fingerprint density at radius 2 is 0.790 bits per heavy atom. The number of hydrogen-bond donors (Lipinski definition) is 0. The fraction of sp³-hybridized carbons (Fsp3) is 0. The lowest BCUT2D eigenvalue weighted by atomic mass is 9.90. The van der Waals surface area contributed by atoms with E-state index < -0.39 is 0 Å². The second kappa shape index (κ2) is 14.8. The quantitative estimate of drug-likeness (QED) is 0.150. The maximum Gasteiger partial charge on any atom is 0.160 e. The summed E-state index contributed by atoms with van der Waals surface area (Å²) in [5.74, 6) is 0. The van der Waals surface area contributed by atoms with Crippen molar-refractivity contribution in [3.8, 4) is 44.5 Å². The first-order valence-corrected chi connectivity index (χ1v) is 21.2. The van der Waals surface area contributed by atoms with Gasteiger partial charge in [-0.3, -0.25) is 0 Å². The highest BCUT2D eigenvalue weighted by Gasteiger charge is 2.24. The van der Waals surface area contributed by atoms with Crippen LogP contribution in [-0.2, 0) is 0 Å². The van der Waals surface area contributed by atoms with Gasteiger partial charge in [-0.05, 0) is 120 Å². The molecule has 1 aromatic heterocycles. The molecule has 2 heteroatoms. The van der Waals surface area contributed by atoms with Gasteiger partial charge < -0.3 is 9.32 Å². The number of rotatable bonds is 7. The summed E-state index contributed by atoms with van der Waals surface area (Å²) in [6.45, 7) is 0. The molecule has 0 unspecified atom stereocenters. The van der Waals surface area contributed by atoms with Crippen LogP contribution in [-0.4, -0.2) is 0 Å². The summed E-state index contributed by atoms with van der Waals surface area (Å²) >= 11 is 0. The Morgan fingerprint density at radius 1 is 0.274 bits per heavy atom. The van der Waals surface area contributed by atoms with Crippen molar-refractivity contribution < 1.29 is 4.42 Å². The van der Waals surface area contributed by atoms with Crippen LogP contribution in [0, 0.1) is 0 Å². The number of anilines is 3. The average molecular weight is 790 g/mol. The third-order valence-electron chi connectivity index (χ3n) is 12.5. The largest absolute Gasteiger partial charge is 0.453 e. The second-order valence-electron chi connectivity index (χ2n) is 16.0. The summed E-state index contributed by atoms with van der Waals surface area (Å²) in [6.07, 6.45) is 0. The highest BCUT2D eigenvalue weighted by molar-refractivity contribution is 6.24. The fourth-order valence-corrected chi connectivity index (χ4v) is 9.44. The molecule has 0 spiro atoms. The summed E-state index contributed by atoms with van der Waals surface area (Å²) in [4.78, 5) is 2.36. The molecule has 2 nitrogen and oxygen atoms in total. The smallest absolute Gasteiger partial charge is 0.160 e. The van der Waals surface area contributed by atoms with Crippen molar-refractivity contribution in [1.82, 2.24) is 0 Å². The topological polar surface area (TPSA) is 16.4 Å². The van der Waals surface area contributed by atoms with Crippen LogP contribution in [0.4, 0.5) is 17.1 Å². The van der Waals surface area contributed by atoms with Gasteiger partial charge in [-0.25, -0.2) is 0 Å². The van der Waals surface area contributed by atoms with Crippen molar-refractivity contribution in [2.45, 2.75) is 0 Å². The Morgan fingerprint density at radius 3 is 1.47 bits per heavy atom. The van der Waals surface area contributed by atoms with E-state index in [1.165, 1.54) is 54.9 Å². The van der Waals surface area contributed by atoms with Crippen molar-refractivity contribution in [2.24, 2.45) is 0 Å². The maximum atomic E-state index is 7.28. The van der Waals surface area contributed by atoms with Gasteiger partial charge in [0.2, 0.25) is 0 Å². The second-order valence-corrected chi connectivity index (χ2v) is 16.0. The normalized spacial score (nSPS) is 11.5. The van der Waals surface area contributed by atoms with Gasteiger partial charge in [-0.2, -0.15) is 0 Å². The van der Waals surface area contributed by atoms with Gasteiger partial charge in [0.25, 0.3) is 0 Å². The van der Waals surface area contributed by atoms with Gasteiger partial charge in [0.05, 0.1) is 5.69 Å². The third kappa shape index (κ3) is 6.04. The molecule has 0 saturated carbocycles. The standard InChI is InChI=1S/C60H39NO/c1-3-14-40(15-4-1)42-26-31-48(32-27-42)61(49-33-28-43(29-34-49)46-21-13-20-45(38-46)41-16-5-2-6-17-41)57-37-36-54(56-39-47-19-8-9-22-50(47)52-24-11-12-25-53(52)56)58-55-35-30-44-18-7-10-23-51(44)59(55)62-60(57)58/h1-39H. The molecule has 0 amide bonds. The Hall–Kier alpha value is -8.20. The molecule has 62 heavy (non-hydrogen) atoms. The SMILES string of the molecule is c1ccc(-c2ccc(N(c3ccc(-c4cccc(-c5ccccc5)c4)cc3)c3ccc(-c4cc5ccccc5c5ccccc45)c4c3oc3c5ccccc5ccc34)cc2)cc1. The van der Waals surface area contributed by atoms with E-state index in [4.69, 9.17) is 4.42 Å². The van der Waals surface area contributed by atoms with Gasteiger partial charge in [0.1, 0.15) is 5.58 Å². The monoisotopic (exact) mass is 789 g/mol. The van der Waals surface area contributed by atoms with Crippen LogP contribution in [0.5, 0.6) is 0 Å². The maximum absolute atomic E-state index is 7.28. The highest BCUT2D eigenvalue weighted by Crippen LogP contribution is 2.49. The van der Waals surface area contributed by atoms with Crippen molar-refractivity contribution in [3.63, 3.8) is 0 Å².